The van der Waals surface area contributed by atoms with Gasteiger partial charge in [-0.3, -0.25) is 4.79 Å². The average Bonchev–Trinajstić information content (AvgIpc) is 2.26. The molecule has 0 aliphatic rings. The Kier molecular flexibility index (Phi) is 4.99. The minimum absolute atomic E-state index is 0.163. The van der Waals surface area contributed by atoms with E-state index in [4.69, 9.17) is 0 Å². The first kappa shape index (κ1) is 12.7. The molecule has 1 N–H and O–H groups in total. The Morgan fingerprint density at radius 1 is 1.25 bits per heavy atom. The fourth-order valence-electron chi connectivity index (χ4n) is 1.36. The highest BCUT2D eigenvalue weighted by Gasteiger charge is 2.02. The van der Waals surface area contributed by atoms with Crippen LogP contribution in [-0.4, -0.2) is 31.4 Å². The van der Waals surface area contributed by atoms with Crippen LogP contribution in [0, 0.1) is 6.92 Å². The van der Waals surface area contributed by atoms with Crippen LogP contribution in [0.3, 0.4) is 0 Å². The molecule has 1 aromatic carbocycles. The molecule has 0 radical (unpaired) electrons. The van der Waals surface area contributed by atoms with Crippen LogP contribution < -0.4 is 5.32 Å². The van der Waals surface area contributed by atoms with Crippen molar-refractivity contribution in [1.82, 2.24) is 10.2 Å². The van der Waals surface area contributed by atoms with Crippen molar-refractivity contribution in [3.05, 3.63) is 35.4 Å². The van der Waals surface area contributed by atoms with Gasteiger partial charge in [0.1, 0.15) is 0 Å². The Hall–Kier alpha value is -1.35. The number of hydrogen-bond acceptors (Lipinski definition) is 2. The number of carbonyl (C=O) groups excluding carboxylic acids is 1. The Morgan fingerprint density at radius 3 is 2.44 bits per heavy atom. The van der Waals surface area contributed by atoms with Gasteiger partial charge in [0.15, 0.2) is 0 Å². The van der Waals surface area contributed by atoms with E-state index in [1.807, 2.05) is 0 Å². The van der Waals surface area contributed by atoms with Crippen LogP contribution in [-0.2, 0) is 11.3 Å². The summed E-state index contributed by atoms with van der Waals surface area (Å²) in [6, 6.07) is 8.41. The van der Waals surface area contributed by atoms with Crippen molar-refractivity contribution in [2.45, 2.75) is 19.9 Å². The van der Waals surface area contributed by atoms with Gasteiger partial charge in [0.2, 0.25) is 5.91 Å². The maximum Gasteiger partial charge on any atom is 0.223 e. The number of carbonyl (C=O) groups is 1. The molecule has 16 heavy (non-hydrogen) atoms. The number of nitrogens with zero attached hydrogens (tertiary/aromatic N) is 1. The number of hydrogen-bond donors (Lipinski definition) is 1. The van der Waals surface area contributed by atoms with Crippen LogP contribution in [0.15, 0.2) is 24.3 Å². The summed E-state index contributed by atoms with van der Waals surface area (Å²) in [7, 11) is 3.56. The zero-order chi connectivity index (χ0) is 12.0. The maximum atomic E-state index is 11.3. The van der Waals surface area contributed by atoms with Gasteiger partial charge in [-0.25, -0.2) is 0 Å². The molecule has 0 aliphatic heterocycles. The van der Waals surface area contributed by atoms with Gasteiger partial charge in [-0.1, -0.05) is 29.8 Å². The third kappa shape index (κ3) is 4.45. The maximum absolute atomic E-state index is 11.3. The minimum Gasteiger partial charge on any atom is -0.349 e. The van der Waals surface area contributed by atoms with Crippen LogP contribution >= 0.6 is 0 Å². The summed E-state index contributed by atoms with van der Waals surface area (Å²) in [4.78, 5) is 12.9. The van der Waals surface area contributed by atoms with Crippen LogP contribution in [0.4, 0.5) is 0 Å². The van der Waals surface area contributed by atoms with Gasteiger partial charge in [-0.05, 0) is 12.5 Å². The standard InChI is InChI=1S/C13H20N2O/c1-11-4-6-12(7-5-11)10-14-9-8-13(16)15(2)3/h4-7,14H,8-10H2,1-3H3. The lowest BCUT2D eigenvalue weighted by atomic mass is 10.1. The predicted molar refractivity (Wildman–Crippen MR) is 66.2 cm³/mol. The zero-order valence-corrected chi connectivity index (χ0v) is 10.3. The molecule has 0 atom stereocenters. The second-order valence-corrected chi connectivity index (χ2v) is 4.20. The SMILES string of the molecule is Cc1ccc(CNCCC(=O)N(C)C)cc1. The Labute approximate surface area is 97.5 Å². The van der Waals surface area contributed by atoms with E-state index < -0.39 is 0 Å². The molecular weight excluding hydrogens is 200 g/mol. The van der Waals surface area contributed by atoms with E-state index in [-0.39, 0.29) is 5.91 Å². The zero-order valence-electron chi connectivity index (χ0n) is 10.3. The molecule has 0 saturated carbocycles. The van der Waals surface area contributed by atoms with Crippen molar-refractivity contribution >= 4 is 5.91 Å². The van der Waals surface area contributed by atoms with E-state index >= 15 is 0 Å². The van der Waals surface area contributed by atoms with Crippen molar-refractivity contribution in [2.75, 3.05) is 20.6 Å². The molecule has 3 heteroatoms. The van der Waals surface area contributed by atoms with Gasteiger partial charge in [-0.2, -0.15) is 0 Å². The van der Waals surface area contributed by atoms with E-state index in [1.165, 1.54) is 11.1 Å². The highest BCUT2D eigenvalue weighted by molar-refractivity contribution is 5.75. The number of benzene rings is 1. The summed E-state index contributed by atoms with van der Waals surface area (Å²) in [5.74, 6) is 0.163. The Morgan fingerprint density at radius 2 is 1.88 bits per heavy atom. The molecule has 3 nitrogen and oxygen atoms in total. The van der Waals surface area contributed by atoms with E-state index in [1.54, 1.807) is 19.0 Å². The molecule has 0 unspecified atom stereocenters. The van der Waals surface area contributed by atoms with Crippen molar-refractivity contribution in [3.63, 3.8) is 0 Å². The summed E-state index contributed by atoms with van der Waals surface area (Å²) >= 11 is 0. The first-order valence-electron chi connectivity index (χ1n) is 5.56. The molecule has 1 aromatic rings. The summed E-state index contributed by atoms with van der Waals surface area (Å²) < 4.78 is 0. The Balaban J connectivity index is 2.21. The Bertz CT molecular complexity index is 330. The molecule has 0 fully saturated rings. The average molecular weight is 220 g/mol. The van der Waals surface area contributed by atoms with Crippen molar-refractivity contribution < 1.29 is 4.79 Å². The summed E-state index contributed by atoms with van der Waals surface area (Å²) in [5, 5.41) is 3.26. The van der Waals surface area contributed by atoms with E-state index in [9.17, 15) is 4.79 Å². The lowest BCUT2D eigenvalue weighted by Crippen LogP contribution is -2.26. The van der Waals surface area contributed by atoms with E-state index in [0.29, 0.717) is 6.42 Å². The minimum atomic E-state index is 0.163. The molecule has 0 bridgehead atoms. The third-order valence-corrected chi connectivity index (χ3v) is 2.46. The first-order chi connectivity index (χ1) is 7.59. The topological polar surface area (TPSA) is 32.3 Å². The fraction of sp³-hybridized carbons (Fsp3) is 0.462. The van der Waals surface area contributed by atoms with Gasteiger partial charge in [0, 0.05) is 33.6 Å². The van der Waals surface area contributed by atoms with E-state index in [0.717, 1.165) is 13.1 Å². The van der Waals surface area contributed by atoms with Crippen LogP contribution in [0.2, 0.25) is 0 Å². The van der Waals surface area contributed by atoms with Gasteiger partial charge in [0.25, 0.3) is 0 Å². The summed E-state index contributed by atoms with van der Waals surface area (Å²) in [5.41, 5.74) is 2.52. The van der Waals surface area contributed by atoms with Crippen molar-refractivity contribution in [1.29, 1.82) is 0 Å². The molecule has 0 saturated heterocycles. The molecule has 0 aliphatic carbocycles. The first-order valence-corrected chi connectivity index (χ1v) is 5.56. The monoisotopic (exact) mass is 220 g/mol. The van der Waals surface area contributed by atoms with Crippen LogP contribution in [0.5, 0.6) is 0 Å². The number of rotatable bonds is 5. The molecule has 0 aromatic heterocycles. The van der Waals surface area contributed by atoms with E-state index in [2.05, 4.69) is 36.5 Å². The molecule has 0 heterocycles. The van der Waals surface area contributed by atoms with Crippen molar-refractivity contribution in [2.24, 2.45) is 0 Å². The van der Waals surface area contributed by atoms with Gasteiger partial charge in [-0.15, -0.1) is 0 Å². The molecule has 1 amide bonds. The molecule has 1 rings (SSSR count). The molecule has 88 valence electrons. The predicted octanol–water partition coefficient (Wildman–Crippen LogP) is 1.56. The smallest absolute Gasteiger partial charge is 0.223 e. The second-order valence-electron chi connectivity index (χ2n) is 4.20. The molecular formula is C13H20N2O. The number of nitrogens with one attached hydrogen (secondary N) is 1. The third-order valence-electron chi connectivity index (χ3n) is 2.46. The number of aryl methyl sites for hydroxylation is 1. The fourth-order valence-corrected chi connectivity index (χ4v) is 1.36. The quantitative estimate of drug-likeness (QED) is 0.764. The highest BCUT2D eigenvalue weighted by atomic mass is 16.2. The van der Waals surface area contributed by atoms with Crippen molar-refractivity contribution in [3.8, 4) is 0 Å². The van der Waals surface area contributed by atoms with Crippen LogP contribution in [0.1, 0.15) is 17.5 Å². The lowest BCUT2D eigenvalue weighted by molar-refractivity contribution is -0.128. The second kappa shape index (κ2) is 6.28. The van der Waals surface area contributed by atoms with Gasteiger partial charge in [0.05, 0.1) is 0 Å². The lowest BCUT2D eigenvalue weighted by Gasteiger charge is -2.10. The normalized spacial score (nSPS) is 10.2. The van der Waals surface area contributed by atoms with Gasteiger partial charge < -0.3 is 10.2 Å². The largest absolute Gasteiger partial charge is 0.349 e. The number of amides is 1. The van der Waals surface area contributed by atoms with Crippen LogP contribution in [0.25, 0.3) is 0 Å². The highest BCUT2D eigenvalue weighted by Crippen LogP contribution is 2.02. The summed E-state index contributed by atoms with van der Waals surface area (Å²) in [6.45, 7) is 3.62. The molecule has 0 spiro atoms. The summed E-state index contributed by atoms with van der Waals surface area (Å²) in [6.07, 6.45) is 0.554. The van der Waals surface area contributed by atoms with Gasteiger partial charge >= 0.3 is 0 Å².